The second-order valence-electron chi connectivity index (χ2n) is 6.09. The smallest absolute Gasteiger partial charge is 0.133 e. The highest BCUT2D eigenvalue weighted by atomic mass is 15.3. The van der Waals surface area contributed by atoms with E-state index < -0.39 is 0 Å². The number of fused-ring (bicyclic) bond motifs is 2. The van der Waals surface area contributed by atoms with E-state index in [4.69, 9.17) is 0 Å². The first-order valence-electron chi connectivity index (χ1n) is 7.40. The highest BCUT2D eigenvalue weighted by molar-refractivity contribution is 4.97. The third-order valence-corrected chi connectivity index (χ3v) is 4.75. The molecule has 0 aliphatic carbocycles. The van der Waals surface area contributed by atoms with Gasteiger partial charge in [-0.25, -0.2) is 0 Å². The van der Waals surface area contributed by atoms with E-state index in [0.717, 1.165) is 30.8 Å². The summed E-state index contributed by atoms with van der Waals surface area (Å²) in [5, 5.41) is 12.2. The van der Waals surface area contributed by atoms with Crippen molar-refractivity contribution < 1.29 is 0 Å². The molecule has 2 aliphatic heterocycles. The molecule has 3 unspecified atom stereocenters. The quantitative estimate of drug-likeness (QED) is 0.889. The van der Waals surface area contributed by atoms with Crippen molar-refractivity contribution in [1.29, 1.82) is 0 Å². The van der Waals surface area contributed by atoms with Crippen LogP contribution in [0, 0.1) is 5.92 Å². The van der Waals surface area contributed by atoms with Crippen LogP contribution in [0.25, 0.3) is 0 Å². The van der Waals surface area contributed by atoms with Gasteiger partial charge in [0.15, 0.2) is 0 Å². The van der Waals surface area contributed by atoms with Crippen LogP contribution in [0.2, 0.25) is 0 Å². The van der Waals surface area contributed by atoms with Crippen molar-refractivity contribution in [2.75, 3.05) is 0 Å². The minimum absolute atomic E-state index is 0.522. The minimum atomic E-state index is 0.522. The maximum atomic E-state index is 4.34. The van der Waals surface area contributed by atoms with Crippen molar-refractivity contribution in [3.8, 4) is 0 Å². The summed E-state index contributed by atoms with van der Waals surface area (Å²) in [7, 11) is 0. The zero-order valence-corrected chi connectivity index (χ0v) is 11.5. The third kappa shape index (κ3) is 2.30. The molecular weight excluding hydrogens is 224 g/mol. The molecule has 3 heterocycles. The third-order valence-electron chi connectivity index (χ3n) is 4.75. The summed E-state index contributed by atoms with van der Waals surface area (Å²) in [5.74, 6) is 1.99. The first kappa shape index (κ1) is 12.2. The summed E-state index contributed by atoms with van der Waals surface area (Å²) in [6, 6.07) is 2.07. The molecule has 0 radical (unpaired) electrons. The molecule has 2 aliphatic rings. The molecular formula is C14H24N4. The Morgan fingerprint density at radius 3 is 2.78 bits per heavy atom. The van der Waals surface area contributed by atoms with E-state index in [1.165, 1.54) is 31.5 Å². The van der Waals surface area contributed by atoms with Crippen LogP contribution in [0.15, 0.2) is 6.33 Å². The molecule has 4 heteroatoms. The molecule has 0 aromatic carbocycles. The topological polar surface area (TPSA) is 42.7 Å². The lowest BCUT2D eigenvalue weighted by Crippen LogP contribution is -2.38. The second-order valence-corrected chi connectivity index (χ2v) is 6.09. The summed E-state index contributed by atoms with van der Waals surface area (Å²) in [5.41, 5.74) is 0. The van der Waals surface area contributed by atoms with Gasteiger partial charge < -0.3 is 9.88 Å². The fourth-order valence-corrected chi connectivity index (χ4v) is 3.58. The van der Waals surface area contributed by atoms with Crippen molar-refractivity contribution in [1.82, 2.24) is 20.1 Å². The molecule has 0 spiro atoms. The minimum Gasteiger partial charge on any atom is -0.315 e. The van der Waals surface area contributed by atoms with Crippen molar-refractivity contribution in [3.63, 3.8) is 0 Å². The first-order valence-corrected chi connectivity index (χ1v) is 7.40. The van der Waals surface area contributed by atoms with Crippen LogP contribution in [0.5, 0.6) is 0 Å². The van der Waals surface area contributed by atoms with E-state index >= 15 is 0 Å². The number of nitrogens with one attached hydrogen (secondary N) is 1. The first-order chi connectivity index (χ1) is 8.76. The maximum Gasteiger partial charge on any atom is 0.133 e. The van der Waals surface area contributed by atoms with Gasteiger partial charge in [-0.3, -0.25) is 0 Å². The molecule has 2 saturated heterocycles. The number of piperidine rings is 1. The Labute approximate surface area is 109 Å². The Morgan fingerprint density at radius 2 is 2.11 bits per heavy atom. The van der Waals surface area contributed by atoms with Crippen LogP contribution >= 0.6 is 0 Å². The Kier molecular flexibility index (Phi) is 3.37. The van der Waals surface area contributed by atoms with E-state index in [2.05, 4.69) is 33.9 Å². The maximum absolute atomic E-state index is 4.34. The molecule has 0 amide bonds. The second kappa shape index (κ2) is 5.00. The van der Waals surface area contributed by atoms with E-state index in [1.54, 1.807) is 0 Å². The molecule has 18 heavy (non-hydrogen) atoms. The Hall–Kier alpha value is -0.900. The van der Waals surface area contributed by atoms with Crippen molar-refractivity contribution in [3.05, 3.63) is 12.2 Å². The summed E-state index contributed by atoms with van der Waals surface area (Å²) in [6.07, 6.45) is 9.55. The van der Waals surface area contributed by atoms with Gasteiger partial charge in [-0.05, 0) is 44.9 Å². The number of nitrogens with zero attached hydrogens (tertiary/aromatic N) is 3. The van der Waals surface area contributed by atoms with Gasteiger partial charge in [-0.1, -0.05) is 6.92 Å². The standard InChI is InChI=1S/C14H24N4/c1-3-10(2)18-9-15-17-14(18)8-11-6-12-4-5-13(7-11)16-12/h9-13,16H,3-8H2,1-2H3. The fourth-order valence-electron chi connectivity index (χ4n) is 3.58. The average molecular weight is 248 g/mol. The van der Waals surface area contributed by atoms with Gasteiger partial charge >= 0.3 is 0 Å². The van der Waals surface area contributed by atoms with Crippen LogP contribution < -0.4 is 5.32 Å². The van der Waals surface area contributed by atoms with Crippen molar-refractivity contribution >= 4 is 0 Å². The number of rotatable bonds is 4. The van der Waals surface area contributed by atoms with Crippen LogP contribution in [0.1, 0.15) is 57.8 Å². The van der Waals surface area contributed by atoms with Gasteiger partial charge in [0.2, 0.25) is 0 Å². The van der Waals surface area contributed by atoms with E-state index in [-0.39, 0.29) is 0 Å². The largest absolute Gasteiger partial charge is 0.315 e. The molecule has 0 saturated carbocycles. The zero-order chi connectivity index (χ0) is 12.5. The number of hydrogen-bond donors (Lipinski definition) is 1. The molecule has 2 fully saturated rings. The predicted molar refractivity (Wildman–Crippen MR) is 71.4 cm³/mol. The molecule has 1 N–H and O–H groups in total. The van der Waals surface area contributed by atoms with Gasteiger partial charge in [-0.15, -0.1) is 10.2 Å². The molecule has 100 valence electrons. The lowest BCUT2D eigenvalue weighted by Gasteiger charge is -2.29. The lowest BCUT2D eigenvalue weighted by atomic mass is 9.89. The van der Waals surface area contributed by atoms with Gasteiger partial charge in [0, 0.05) is 24.5 Å². The molecule has 1 aromatic rings. The van der Waals surface area contributed by atoms with Gasteiger partial charge in [0.05, 0.1) is 0 Å². The van der Waals surface area contributed by atoms with Gasteiger partial charge in [0.1, 0.15) is 12.2 Å². The molecule has 3 rings (SSSR count). The van der Waals surface area contributed by atoms with E-state index in [0.29, 0.717) is 6.04 Å². The van der Waals surface area contributed by atoms with Gasteiger partial charge in [0.25, 0.3) is 0 Å². The molecule has 2 bridgehead atoms. The predicted octanol–water partition coefficient (Wildman–Crippen LogP) is 2.32. The van der Waals surface area contributed by atoms with E-state index in [9.17, 15) is 0 Å². The Morgan fingerprint density at radius 1 is 1.39 bits per heavy atom. The normalized spacial score (nSPS) is 32.7. The van der Waals surface area contributed by atoms with Crippen LogP contribution in [-0.4, -0.2) is 26.8 Å². The molecule has 3 atom stereocenters. The van der Waals surface area contributed by atoms with E-state index in [1.807, 2.05) is 6.33 Å². The Balaban J connectivity index is 1.67. The fraction of sp³-hybridized carbons (Fsp3) is 0.857. The van der Waals surface area contributed by atoms with Crippen molar-refractivity contribution in [2.24, 2.45) is 5.92 Å². The monoisotopic (exact) mass is 248 g/mol. The highest BCUT2D eigenvalue weighted by Gasteiger charge is 2.34. The Bertz CT molecular complexity index is 388. The molecule has 1 aromatic heterocycles. The van der Waals surface area contributed by atoms with Crippen LogP contribution in [0.4, 0.5) is 0 Å². The van der Waals surface area contributed by atoms with Crippen molar-refractivity contribution in [2.45, 2.75) is 70.5 Å². The summed E-state index contributed by atoms with van der Waals surface area (Å²) in [4.78, 5) is 0. The highest BCUT2D eigenvalue weighted by Crippen LogP contribution is 2.32. The lowest BCUT2D eigenvalue weighted by molar-refractivity contribution is 0.291. The number of aromatic nitrogens is 3. The average Bonchev–Trinajstić information content (AvgIpc) is 2.95. The number of hydrogen-bond acceptors (Lipinski definition) is 3. The van der Waals surface area contributed by atoms with Gasteiger partial charge in [-0.2, -0.15) is 0 Å². The van der Waals surface area contributed by atoms with Crippen LogP contribution in [-0.2, 0) is 6.42 Å². The molecule has 4 nitrogen and oxygen atoms in total. The zero-order valence-electron chi connectivity index (χ0n) is 11.5. The summed E-state index contributed by atoms with van der Waals surface area (Å²) in [6.45, 7) is 4.47. The summed E-state index contributed by atoms with van der Waals surface area (Å²) >= 11 is 0. The summed E-state index contributed by atoms with van der Waals surface area (Å²) < 4.78 is 2.27. The van der Waals surface area contributed by atoms with Crippen LogP contribution in [0.3, 0.4) is 0 Å². The SMILES string of the molecule is CCC(C)n1cnnc1CC1CC2CCC(C1)N2.